The Morgan fingerprint density at radius 3 is 2.48 bits per heavy atom. The van der Waals surface area contributed by atoms with Gasteiger partial charge in [-0.05, 0) is 37.0 Å². The minimum Gasteiger partial charge on any atom is -0.495 e. The predicted octanol–water partition coefficient (Wildman–Crippen LogP) is 0.943. The minimum atomic E-state index is -3.79. The van der Waals surface area contributed by atoms with Crippen LogP contribution >= 0.6 is 0 Å². The van der Waals surface area contributed by atoms with E-state index in [-0.39, 0.29) is 40.5 Å². The first-order valence-corrected chi connectivity index (χ1v) is 9.51. The normalized spacial score (nSPS) is 14.2. The molecule has 1 aliphatic rings. The minimum absolute atomic E-state index is 0.0671. The molecule has 1 aromatic rings. The second-order valence-electron chi connectivity index (χ2n) is 6.36. The van der Waals surface area contributed by atoms with Crippen molar-refractivity contribution in [3.05, 3.63) is 23.8 Å². The third kappa shape index (κ3) is 5.43. The van der Waals surface area contributed by atoms with Crippen LogP contribution < -0.4 is 20.3 Å². The number of carbonyl (C=O) groups excluding carboxylic acids is 2. The van der Waals surface area contributed by atoms with Crippen molar-refractivity contribution in [2.24, 2.45) is 5.92 Å². The highest BCUT2D eigenvalue weighted by Gasteiger charge is 2.30. The van der Waals surface area contributed by atoms with Gasteiger partial charge in [-0.15, -0.1) is 0 Å². The summed E-state index contributed by atoms with van der Waals surface area (Å²) in [6.45, 7) is 3.77. The lowest BCUT2D eigenvalue weighted by Gasteiger charge is -2.13. The highest BCUT2D eigenvalue weighted by molar-refractivity contribution is 7.89. The fourth-order valence-electron chi connectivity index (χ4n) is 2.13. The van der Waals surface area contributed by atoms with E-state index in [1.165, 1.54) is 25.3 Å². The number of methoxy groups -OCH3 is 1. The number of nitrogens with one attached hydrogen (secondary N) is 3. The van der Waals surface area contributed by atoms with Crippen LogP contribution in [-0.4, -0.2) is 33.4 Å². The number of hydrazine groups is 1. The molecule has 0 heterocycles. The number of ether oxygens (including phenoxy) is 1. The molecule has 2 amide bonds. The van der Waals surface area contributed by atoms with Gasteiger partial charge >= 0.3 is 0 Å². The molecule has 1 aliphatic carbocycles. The zero-order valence-corrected chi connectivity index (χ0v) is 15.3. The van der Waals surface area contributed by atoms with Crippen molar-refractivity contribution in [3.63, 3.8) is 0 Å². The zero-order chi connectivity index (χ0) is 18.6. The number of carbonyl (C=O) groups is 2. The van der Waals surface area contributed by atoms with E-state index in [2.05, 4.69) is 15.6 Å². The fraction of sp³-hybridized carbons (Fsp3) is 0.500. The van der Waals surface area contributed by atoms with Crippen molar-refractivity contribution in [2.75, 3.05) is 7.11 Å². The van der Waals surface area contributed by atoms with Gasteiger partial charge in [0.1, 0.15) is 10.6 Å². The lowest BCUT2D eigenvalue weighted by atomic mass is 10.1. The molecule has 2 rings (SSSR count). The number of rotatable bonds is 7. The highest BCUT2D eigenvalue weighted by Crippen LogP contribution is 2.28. The maximum atomic E-state index is 12.4. The van der Waals surface area contributed by atoms with Gasteiger partial charge in [0.15, 0.2) is 0 Å². The number of hydrogen-bond acceptors (Lipinski definition) is 5. The zero-order valence-electron chi connectivity index (χ0n) is 14.5. The first kappa shape index (κ1) is 19.2. The van der Waals surface area contributed by atoms with Gasteiger partial charge in [-0.1, -0.05) is 13.8 Å². The van der Waals surface area contributed by atoms with Gasteiger partial charge in [-0.2, -0.15) is 0 Å². The molecule has 0 spiro atoms. The van der Waals surface area contributed by atoms with Crippen molar-refractivity contribution in [1.29, 1.82) is 0 Å². The largest absolute Gasteiger partial charge is 0.495 e. The van der Waals surface area contributed by atoms with E-state index in [9.17, 15) is 18.0 Å². The Labute approximate surface area is 147 Å². The smallest absolute Gasteiger partial charge is 0.269 e. The summed E-state index contributed by atoms with van der Waals surface area (Å²) in [5, 5.41) is 0. The van der Waals surface area contributed by atoms with Crippen LogP contribution in [-0.2, 0) is 14.8 Å². The SMILES string of the molecule is COc1ccc(C(=O)NNC(=O)CC(C)C)cc1S(=O)(=O)NC1CC1. The first-order valence-electron chi connectivity index (χ1n) is 8.02. The second kappa shape index (κ2) is 7.83. The average Bonchev–Trinajstić information content (AvgIpc) is 3.34. The lowest BCUT2D eigenvalue weighted by Crippen LogP contribution is -2.42. The molecule has 0 saturated heterocycles. The summed E-state index contributed by atoms with van der Waals surface area (Å²) in [7, 11) is -2.43. The Morgan fingerprint density at radius 1 is 1.24 bits per heavy atom. The van der Waals surface area contributed by atoms with Crippen molar-refractivity contribution in [3.8, 4) is 5.75 Å². The second-order valence-corrected chi connectivity index (χ2v) is 8.04. The van der Waals surface area contributed by atoms with Crippen LogP contribution in [0.4, 0.5) is 0 Å². The number of hydrogen-bond donors (Lipinski definition) is 3. The van der Waals surface area contributed by atoms with E-state index >= 15 is 0 Å². The summed E-state index contributed by atoms with van der Waals surface area (Å²) in [4.78, 5) is 23.7. The van der Waals surface area contributed by atoms with Crippen molar-refractivity contribution in [2.45, 2.75) is 44.0 Å². The third-order valence-electron chi connectivity index (χ3n) is 3.52. The van der Waals surface area contributed by atoms with Crippen LogP contribution in [0.1, 0.15) is 43.5 Å². The van der Waals surface area contributed by atoms with Crippen molar-refractivity contribution in [1.82, 2.24) is 15.6 Å². The maximum Gasteiger partial charge on any atom is 0.269 e. The molecule has 0 bridgehead atoms. The molecule has 0 unspecified atom stereocenters. The van der Waals surface area contributed by atoms with E-state index in [0.29, 0.717) is 0 Å². The molecule has 0 radical (unpaired) electrons. The molecular formula is C16H23N3O5S. The molecule has 8 nitrogen and oxygen atoms in total. The Hall–Kier alpha value is -2.13. The summed E-state index contributed by atoms with van der Waals surface area (Å²) >= 11 is 0. The summed E-state index contributed by atoms with van der Waals surface area (Å²) in [5.74, 6) is -0.626. The lowest BCUT2D eigenvalue weighted by molar-refractivity contribution is -0.122. The standard InChI is InChI=1S/C16H23N3O5S/c1-10(2)8-15(20)17-18-16(21)11-4-7-13(24-3)14(9-11)25(22,23)19-12-5-6-12/h4,7,9-10,12,19H,5-6,8H2,1-3H3,(H,17,20)(H,18,21). The van der Waals surface area contributed by atoms with Crippen LogP contribution in [0.15, 0.2) is 23.1 Å². The fourth-order valence-corrected chi connectivity index (χ4v) is 3.63. The van der Waals surface area contributed by atoms with Gasteiger partial charge in [0.05, 0.1) is 7.11 Å². The molecular weight excluding hydrogens is 346 g/mol. The van der Waals surface area contributed by atoms with E-state index in [0.717, 1.165) is 12.8 Å². The molecule has 1 aromatic carbocycles. The van der Waals surface area contributed by atoms with E-state index in [1.54, 1.807) is 0 Å². The summed E-state index contributed by atoms with van der Waals surface area (Å²) in [6, 6.07) is 4.00. The molecule has 138 valence electrons. The molecule has 9 heteroatoms. The maximum absolute atomic E-state index is 12.4. The van der Waals surface area contributed by atoms with Crippen LogP contribution in [0.25, 0.3) is 0 Å². The van der Waals surface area contributed by atoms with Gasteiger partial charge in [-0.3, -0.25) is 20.4 Å². The number of benzene rings is 1. The van der Waals surface area contributed by atoms with Gasteiger partial charge < -0.3 is 4.74 Å². The van der Waals surface area contributed by atoms with Crippen molar-refractivity contribution >= 4 is 21.8 Å². The van der Waals surface area contributed by atoms with Crippen LogP contribution in [0, 0.1) is 5.92 Å². The van der Waals surface area contributed by atoms with E-state index in [1.807, 2.05) is 13.8 Å². The van der Waals surface area contributed by atoms with Gasteiger partial charge in [-0.25, -0.2) is 13.1 Å². The monoisotopic (exact) mass is 369 g/mol. The molecule has 0 atom stereocenters. The van der Waals surface area contributed by atoms with Crippen molar-refractivity contribution < 1.29 is 22.7 Å². The summed E-state index contributed by atoms with van der Waals surface area (Å²) in [6.07, 6.45) is 1.86. The quantitative estimate of drug-likeness (QED) is 0.619. The Balaban J connectivity index is 2.14. The summed E-state index contributed by atoms with van der Waals surface area (Å²) in [5.41, 5.74) is 4.68. The predicted molar refractivity (Wildman–Crippen MR) is 91.4 cm³/mol. The number of sulfonamides is 1. The van der Waals surface area contributed by atoms with Crippen LogP contribution in [0.5, 0.6) is 5.75 Å². The van der Waals surface area contributed by atoms with Gasteiger partial charge in [0.25, 0.3) is 5.91 Å². The Morgan fingerprint density at radius 2 is 1.92 bits per heavy atom. The Bertz CT molecular complexity index is 757. The summed E-state index contributed by atoms with van der Waals surface area (Å²) < 4.78 is 32.5. The molecule has 25 heavy (non-hydrogen) atoms. The van der Waals surface area contributed by atoms with E-state index < -0.39 is 15.9 Å². The molecule has 0 aromatic heterocycles. The molecule has 0 aliphatic heterocycles. The van der Waals surface area contributed by atoms with Crippen LogP contribution in [0.3, 0.4) is 0 Å². The van der Waals surface area contributed by atoms with Gasteiger partial charge in [0, 0.05) is 18.0 Å². The average molecular weight is 369 g/mol. The first-order chi connectivity index (χ1) is 11.7. The Kier molecular flexibility index (Phi) is 6.02. The highest BCUT2D eigenvalue weighted by atomic mass is 32.2. The van der Waals surface area contributed by atoms with E-state index in [4.69, 9.17) is 4.74 Å². The van der Waals surface area contributed by atoms with Gasteiger partial charge in [0.2, 0.25) is 15.9 Å². The van der Waals surface area contributed by atoms with Crippen LogP contribution in [0.2, 0.25) is 0 Å². The molecule has 1 saturated carbocycles. The molecule has 3 N–H and O–H groups in total. The molecule has 1 fully saturated rings. The third-order valence-corrected chi connectivity index (χ3v) is 5.07. The number of amides is 2. The topological polar surface area (TPSA) is 114 Å².